The molecule has 0 aliphatic heterocycles. The number of amides is 1. The average Bonchev–Trinajstić information content (AvgIpc) is 2.30. The van der Waals surface area contributed by atoms with Crippen LogP contribution in [0.5, 0.6) is 5.75 Å². The zero-order chi connectivity index (χ0) is 12.7. The molecule has 6 heteroatoms. The van der Waals surface area contributed by atoms with Crippen LogP contribution in [0.2, 0.25) is 0 Å². The fraction of sp³-hybridized carbons (Fsp3) is 0.417. The van der Waals surface area contributed by atoms with Crippen LogP contribution >= 0.6 is 28.3 Å². The highest BCUT2D eigenvalue weighted by molar-refractivity contribution is 9.10. The molecule has 0 spiro atoms. The van der Waals surface area contributed by atoms with Crippen LogP contribution in [0.25, 0.3) is 0 Å². The third-order valence-electron chi connectivity index (χ3n) is 2.12. The summed E-state index contributed by atoms with van der Waals surface area (Å²) < 4.78 is 6.39. The van der Waals surface area contributed by atoms with Gasteiger partial charge in [0.05, 0.1) is 12.3 Å². The smallest absolute Gasteiger partial charge is 0.225 e. The molecule has 4 nitrogen and oxygen atoms in total. The monoisotopic (exact) mass is 336 g/mol. The summed E-state index contributed by atoms with van der Waals surface area (Å²) in [6, 6.07) is 5.54. The van der Waals surface area contributed by atoms with Crippen molar-refractivity contribution in [3.05, 3.63) is 22.7 Å². The van der Waals surface area contributed by atoms with Gasteiger partial charge in [0.1, 0.15) is 5.75 Å². The van der Waals surface area contributed by atoms with Crippen LogP contribution in [-0.2, 0) is 4.79 Å². The third kappa shape index (κ3) is 5.71. The normalized spacial score (nSPS) is 9.50. The largest absolute Gasteiger partial charge is 0.492 e. The second-order valence-corrected chi connectivity index (χ2v) is 4.39. The Morgan fingerprint density at radius 1 is 1.44 bits per heavy atom. The molecule has 0 radical (unpaired) electrons. The van der Waals surface area contributed by atoms with Crippen molar-refractivity contribution in [1.82, 2.24) is 5.32 Å². The van der Waals surface area contributed by atoms with Gasteiger partial charge in [-0.3, -0.25) is 4.79 Å². The van der Waals surface area contributed by atoms with Crippen molar-refractivity contribution in [2.45, 2.75) is 13.3 Å². The second kappa shape index (κ2) is 9.19. The maximum absolute atomic E-state index is 11.6. The molecule has 0 saturated carbocycles. The molecule has 0 aromatic heterocycles. The first-order valence-corrected chi connectivity index (χ1v) is 6.33. The van der Waals surface area contributed by atoms with Crippen molar-refractivity contribution in [2.24, 2.45) is 0 Å². The Hall–Kier alpha value is -0.780. The predicted octanol–water partition coefficient (Wildman–Crippen LogP) is 2.82. The van der Waals surface area contributed by atoms with Gasteiger partial charge in [-0.2, -0.15) is 0 Å². The average molecular weight is 338 g/mol. The van der Waals surface area contributed by atoms with Crippen molar-refractivity contribution in [3.63, 3.8) is 0 Å². The lowest BCUT2D eigenvalue weighted by atomic mass is 10.2. The van der Waals surface area contributed by atoms with Gasteiger partial charge in [0.15, 0.2) is 0 Å². The zero-order valence-corrected chi connectivity index (χ0v) is 12.9. The molecule has 0 atom stereocenters. The summed E-state index contributed by atoms with van der Waals surface area (Å²) in [6.07, 6.45) is 0.443. The molecular weight excluding hydrogens is 320 g/mol. The molecule has 2 N–H and O–H groups in total. The van der Waals surface area contributed by atoms with Gasteiger partial charge in [-0.1, -0.05) is 15.9 Å². The van der Waals surface area contributed by atoms with Crippen LogP contribution < -0.4 is 15.4 Å². The summed E-state index contributed by atoms with van der Waals surface area (Å²) in [7, 11) is 1.82. The first kappa shape index (κ1) is 17.2. The number of nitrogens with one attached hydrogen (secondary N) is 2. The maximum atomic E-state index is 11.6. The lowest BCUT2D eigenvalue weighted by Gasteiger charge is -2.11. The minimum Gasteiger partial charge on any atom is -0.492 e. The van der Waals surface area contributed by atoms with E-state index in [9.17, 15) is 4.79 Å². The Balaban J connectivity index is 0.00000289. The van der Waals surface area contributed by atoms with E-state index < -0.39 is 0 Å². The Morgan fingerprint density at radius 2 is 2.17 bits per heavy atom. The van der Waals surface area contributed by atoms with E-state index in [-0.39, 0.29) is 18.3 Å². The van der Waals surface area contributed by atoms with Gasteiger partial charge in [0, 0.05) is 17.4 Å². The third-order valence-corrected chi connectivity index (χ3v) is 2.61. The predicted molar refractivity (Wildman–Crippen MR) is 79.7 cm³/mol. The summed E-state index contributed by atoms with van der Waals surface area (Å²) in [6.45, 7) is 3.13. The molecule has 1 amide bonds. The Morgan fingerprint density at radius 3 is 2.78 bits per heavy atom. The molecule has 0 aliphatic carbocycles. The number of rotatable bonds is 6. The number of hydrogen-bond donors (Lipinski definition) is 2. The van der Waals surface area contributed by atoms with Crippen molar-refractivity contribution < 1.29 is 9.53 Å². The van der Waals surface area contributed by atoms with Crippen molar-refractivity contribution in [2.75, 3.05) is 25.5 Å². The van der Waals surface area contributed by atoms with Crippen molar-refractivity contribution in [3.8, 4) is 5.75 Å². The lowest BCUT2D eigenvalue weighted by Crippen LogP contribution is -2.19. The molecule has 0 heterocycles. The first-order chi connectivity index (χ1) is 8.17. The lowest BCUT2D eigenvalue weighted by molar-refractivity contribution is -0.116. The van der Waals surface area contributed by atoms with E-state index in [1.165, 1.54) is 0 Å². The summed E-state index contributed by atoms with van der Waals surface area (Å²) in [4.78, 5) is 11.6. The summed E-state index contributed by atoms with van der Waals surface area (Å²) in [5, 5.41) is 5.77. The molecule has 102 valence electrons. The first-order valence-electron chi connectivity index (χ1n) is 5.54. The van der Waals surface area contributed by atoms with Gasteiger partial charge in [0.2, 0.25) is 5.91 Å². The molecular formula is C12H18BrClN2O2. The number of benzene rings is 1. The topological polar surface area (TPSA) is 50.4 Å². The number of carbonyl (C=O) groups is 1. The van der Waals surface area contributed by atoms with E-state index in [1.54, 1.807) is 0 Å². The van der Waals surface area contributed by atoms with Crippen molar-refractivity contribution in [1.29, 1.82) is 0 Å². The number of hydrogen-bond acceptors (Lipinski definition) is 3. The fourth-order valence-corrected chi connectivity index (χ4v) is 1.67. The van der Waals surface area contributed by atoms with Gasteiger partial charge in [-0.05, 0) is 32.2 Å². The maximum Gasteiger partial charge on any atom is 0.225 e. The Bertz CT molecular complexity index is 388. The number of anilines is 1. The molecule has 0 unspecified atom stereocenters. The molecule has 1 aromatic carbocycles. The number of halogens is 2. The SMILES string of the molecule is CCOc1cc(Br)ccc1NC(=O)CCNC.Cl. The van der Waals surface area contributed by atoms with Gasteiger partial charge < -0.3 is 15.4 Å². The van der Waals surface area contributed by atoms with Crippen LogP contribution in [0.15, 0.2) is 22.7 Å². The number of ether oxygens (including phenoxy) is 1. The fourth-order valence-electron chi connectivity index (χ4n) is 1.33. The highest BCUT2D eigenvalue weighted by Gasteiger charge is 2.07. The van der Waals surface area contributed by atoms with Gasteiger partial charge in [0.25, 0.3) is 0 Å². The van der Waals surface area contributed by atoms with E-state index in [1.807, 2.05) is 32.2 Å². The van der Waals surface area contributed by atoms with E-state index in [0.29, 0.717) is 31.0 Å². The van der Waals surface area contributed by atoms with E-state index in [0.717, 1.165) is 4.47 Å². The van der Waals surface area contributed by atoms with Gasteiger partial charge in [-0.15, -0.1) is 12.4 Å². The summed E-state index contributed by atoms with van der Waals surface area (Å²) >= 11 is 3.37. The highest BCUT2D eigenvalue weighted by atomic mass is 79.9. The minimum absolute atomic E-state index is 0. The Kier molecular flexibility index (Phi) is 8.79. The molecule has 0 bridgehead atoms. The highest BCUT2D eigenvalue weighted by Crippen LogP contribution is 2.28. The van der Waals surface area contributed by atoms with E-state index in [2.05, 4.69) is 26.6 Å². The van der Waals surface area contributed by atoms with Crippen LogP contribution in [0, 0.1) is 0 Å². The molecule has 0 aliphatic rings. The van der Waals surface area contributed by atoms with Crippen LogP contribution in [0.3, 0.4) is 0 Å². The van der Waals surface area contributed by atoms with Crippen LogP contribution in [0.4, 0.5) is 5.69 Å². The molecule has 0 fully saturated rings. The molecule has 18 heavy (non-hydrogen) atoms. The van der Waals surface area contributed by atoms with E-state index >= 15 is 0 Å². The number of carbonyl (C=O) groups excluding carboxylic acids is 1. The molecule has 1 rings (SSSR count). The minimum atomic E-state index is -0.0253. The summed E-state index contributed by atoms with van der Waals surface area (Å²) in [5.74, 6) is 0.655. The van der Waals surface area contributed by atoms with Crippen LogP contribution in [-0.4, -0.2) is 26.1 Å². The summed E-state index contributed by atoms with van der Waals surface area (Å²) in [5.41, 5.74) is 0.705. The van der Waals surface area contributed by atoms with Gasteiger partial charge >= 0.3 is 0 Å². The standard InChI is InChI=1S/C12H17BrN2O2.ClH/c1-3-17-11-8-9(13)4-5-10(11)15-12(16)6-7-14-2;/h4-5,8,14H,3,6-7H2,1-2H3,(H,15,16);1H. The van der Waals surface area contributed by atoms with Crippen molar-refractivity contribution >= 4 is 39.9 Å². The van der Waals surface area contributed by atoms with E-state index in [4.69, 9.17) is 4.74 Å². The van der Waals surface area contributed by atoms with Crippen LogP contribution in [0.1, 0.15) is 13.3 Å². The zero-order valence-electron chi connectivity index (χ0n) is 10.5. The molecule has 1 aromatic rings. The Labute approximate surface area is 122 Å². The quantitative estimate of drug-likeness (QED) is 0.839. The van der Waals surface area contributed by atoms with Gasteiger partial charge in [-0.25, -0.2) is 0 Å². The molecule has 0 saturated heterocycles. The second-order valence-electron chi connectivity index (χ2n) is 3.48.